The molecule has 0 aliphatic carbocycles. The molecule has 1 rings (SSSR count). The molecule has 0 saturated heterocycles. The molecule has 128 valence electrons. The number of rotatable bonds is 8. The van der Waals surface area contributed by atoms with Crippen LogP contribution in [0.5, 0.6) is 0 Å². The molecule has 7 N–H and O–H groups in total. The maximum absolute atomic E-state index is 10.8. The van der Waals surface area contributed by atoms with Crippen molar-refractivity contribution in [2.24, 2.45) is 11.5 Å². The summed E-state index contributed by atoms with van der Waals surface area (Å²) in [6.45, 7) is -0.309. The third-order valence-corrected chi connectivity index (χ3v) is 3.10. The Labute approximate surface area is 141 Å². The van der Waals surface area contributed by atoms with Gasteiger partial charge in [-0.05, 0) is 25.0 Å². The summed E-state index contributed by atoms with van der Waals surface area (Å²) in [6.07, 6.45) is 2.20. The van der Waals surface area contributed by atoms with Gasteiger partial charge in [-0.2, -0.15) is 0 Å². The normalized spacial score (nSPS) is 14.2. The number of hydrogen-bond donors (Lipinski definition) is 5. The van der Waals surface area contributed by atoms with E-state index in [4.69, 9.17) is 26.8 Å². The highest BCUT2D eigenvalue weighted by Crippen LogP contribution is 2.24. The molecule has 0 fully saturated rings. The number of aromatic nitrogens is 1. The van der Waals surface area contributed by atoms with Crippen LogP contribution in [-0.4, -0.2) is 51.6 Å². The van der Waals surface area contributed by atoms with Crippen molar-refractivity contribution in [3.8, 4) is 0 Å². The van der Waals surface area contributed by atoms with Crippen molar-refractivity contribution < 1.29 is 20.1 Å². The quantitative estimate of drug-likeness (QED) is 0.445. The van der Waals surface area contributed by atoms with E-state index in [2.05, 4.69) is 4.98 Å². The molecule has 2 atom stereocenters. The van der Waals surface area contributed by atoms with Crippen LogP contribution in [-0.2, 0) is 0 Å². The van der Waals surface area contributed by atoms with Crippen molar-refractivity contribution in [2.45, 2.75) is 30.8 Å². The topological polar surface area (TPSA) is 143 Å². The number of aromatic carboxylic acids is 1. The average molecular weight is 356 g/mol. The first-order valence-corrected chi connectivity index (χ1v) is 6.40. The Morgan fingerprint density at radius 3 is 1.91 bits per heavy atom. The minimum absolute atomic E-state index is 0. The largest absolute Gasteiger partial charge is 0.478 e. The van der Waals surface area contributed by atoms with Crippen LogP contribution in [0.1, 0.15) is 34.8 Å². The molecule has 0 spiro atoms. The second kappa shape index (κ2) is 11.6. The van der Waals surface area contributed by atoms with Gasteiger partial charge in [0, 0.05) is 29.9 Å². The number of nitrogens with two attached hydrogens (primary N) is 2. The Morgan fingerprint density at radius 2 is 1.59 bits per heavy atom. The standard InChI is InChI=1S/C13H21N3O4.2ClH/c14-10(6-17)3-9(4-11(15)7-18)12-2-1-8(5-16-12)13(19)20;;/h1-2,5,9-11,17-18H,3-4,6-7,14-15H2,(H,19,20);2*1H. The van der Waals surface area contributed by atoms with E-state index in [9.17, 15) is 4.79 Å². The average Bonchev–Trinajstić information content (AvgIpc) is 2.46. The zero-order chi connectivity index (χ0) is 15.1. The zero-order valence-corrected chi connectivity index (χ0v) is 13.6. The summed E-state index contributed by atoms with van der Waals surface area (Å²) in [6, 6.07) is 2.26. The lowest BCUT2D eigenvalue weighted by Crippen LogP contribution is -2.32. The second-order valence-electron chi connectivity index (χ2n) is 4.83. The van der Waals surface area contributed by atoms with Gasteiger partial charge in [0.05, 0.1) is 18.8 Å². The van der Waals surface area contributed by atoms with Gasteiger partial charge in [-0.3, -0.25) is 4.98 Å². The van der Waals surface area contributed by atoms with Crippen LogP contribution in [0.4, 0.5) is 0 Å². The number of carboxylic acids is 1. The molecule has 1 heterocycles. The third kappa shape index (κ3) is 7.35. The van der Waals surface area contributed by atoms with Crippen LogP contribution in [0, 0.1) is 0 Å². The van der Waals surface area contributed by atoms with E-state index in [1.165, 1.54) is 12.3 Å². The zero-order valence-electron chi connectivity index (χ0n) is 12.0. The van der Waals surface area contributed by atoms with E-state index in [1.54, 1.807) is 6.07 Å². The second-order valence-corrected chi connectivity index (χ2v) is 4.83. The van der Waals surface area contributed by atoms with E-state index in [0.717, 1.165) is 0 Å². The van der Waals surface area contributed by atoms with Gasteiger partial charge in [0.1, 0.15) is 0 Å². The minimum Gasteiger partial charge on any atom is -0.478 e. The summed E-state index contributed by atoms with van der Waals surface area (Å²) < 4.78 is 0. The fraction of sp³-hybridized carbons (Fsp3) is 0.538. The minimum atomic E-state index is -1.04. The van der Waals surface area contributed by atoms with E-state index < -0.39 is 18.1 Å². The molecule has 0 aromatic carbocycles. The Bertz CT molecular complexity index is 422. The predicted octanol–water partition coefficient (Wildman–Crippen LogP) is 0.126. The van der Waals surface area contributed by atoms with Crippen molar-refractivity contribution in [3.63, 3.8) is 0 Å². The summed E-state index contributed by atoms with van der Waals surface area (Å²) >= 11 is 0. The van der Waals surface area contributed by atoms with Crippen LogP contribution < -0.4 is 11.5 Å². The highest BCUT2D eigenvalue weighted by Gasteiger charge is 2.20. The van der Waals surface area contributed by atoms with Gasteiger partial charge in [0.2, 0.25) is 0 Å². The van der Waals surface area contributed by atoms with Crippen LogP contribution in [0.25, 0.3) is 0 Å². The Morgan fingerprint density at radius 1 is 1.09 bits per heavy atom. The molecule has 0 aliphatic heterocycles. The van der Waals surface area contributed by atoms with Gasteiger partial charge in [0.25, 0.3) is 0 Å². The Balaban J connectivity index is 0. The molecule has 22 heavy (non-hydrogen) atoms. The van der Waals surface area contributed by atoms with E-state index in [1.807, 2.05) is 0 Å². The first-order chi connectivity index (χ1) is 9.47. The number of hydrogen-bond acceptors (Lipinski definition) is 6. The van der Waals surface area contributed by atoms with Crippen LogP contribution in [0.15, 0.2) is 18.3 Å². The number of carboxylic acid groups (broad SMARTS) is 1. The molecule has 0 radical (unpaired) electrons. The van der Waals surface area contributed by atoms with E-state index in [0.29, 0.717) is 18.5 Å². The van der Waals surface area contributed by atoms with Gasteiger partial charge in [-0.25, -0.2) is 4.79 Å². The van der Waals surface area contributed by atoms with Gasteiger partial charge < -0.3 is 26.8 Å². The van der Waals surface area contributed by atoms with Crippen molar-refractivity contribution in [1.29, 1.82) is 0 Å². The van der Waals surface area contributed by atoms with Gasteiger partial charge in [-0.15, -0.1) is 24.8 Å². The fourth-order valence-electron chi connectivity index (χ4n) is 1.99. The van der Waals surface area contributed by atoms with Crippen LogP contribution >= 0.6 is 24.8 Å². The number of nitrogens with zero attached hydrogens (tertiary/aromatic N) is 1. The van der Waals surface area contributed by atoms with Crippen LogP contribution in [0.2, 0.25) is 0 Å². The number of halogens is 2. The summed E-state index contributed by atoms with van der Waals surface area (Å²) in [5.41, 5.74) is 12.2. The molecular formula is C13H23Cl2N3O4. The van der Waals surface area contributed by atoms with Gasteiger partial charge in [0.15, 0.2) is 0 Å². The van der Waals surface area contributed by atoms with E-state index in [-0.39, 0.29) is 49.5 Å². The predicted molar refractivity (Wildman–Crippen MR) is 87.8 cm³/mol. The lowest BCUT2D eigenvalue weighted by Gasteiger charge is -2.22. The van der Waals surface area contributed by atoms with Crippen molar-refractivity contribution in [2.75, 3.05) is 13.2 Å². The van der Waals surface area contributed by atoms with Crippen molar-refractivity contribution >= 4 is 30.8 Å². The summed E-state index contributed by atoms with van der Waals surface area (Å²) in [7, 11) is 0. The number of carbonyl (C=O) groups is 1. The molecule has 2 unspecified atom stereocenters. The lowest BCUT2D eigenvalue weighted by molar-refractivity contribution is 0.0696. The molecule has 0 amide bonds. The Hall–Kier alpha value is -0.960. The fourth-order valence-corrected chi connectivity index (χ4v) is 1.99. The highest BCUT2D eigenvalue weighted by atomic mass is 35.5. The molecular weight excluding hydrogens is 333 g/mol. The number of pyridine rings is 1. The molecule has 0 saturated carbocycles. The lowest BCUT2D eigenvalue weighted by atomic mass is 9.90. The van der Waals surface area contributed by atoms with Gasteiger partial charge in [-0.1, -0.05) is 0 Å². The monoisotopic (exact) mass is 355 g/mol. The number of aliphatic hydroxyl groups excluding tert-OH is 2. The molecule has 1 aromatic rings. The summed E-state index contributed by atoms with van der Waals surface area (Å²) in [4.78, 5) is 14.9. The molecule has 9 heteroatoms. The van der Waals surface area contributed by atoms with E-state index >= 15 is 0 Å². The Kier molecular flexibility index (Phi) is 12.3. The van der Waals surface area contributed by atoms with Crippen molar-refractivity contribution in [3.05, 3.63) is 29.6 Å². The van der Waals surface area contributed by atoms with Crippen molar-refractivity contribution in [1.82, 2.24) is 4.98 Å². The smallest absolute Gasteiger partial charge is 0.337 e. The first kappa shape index (κ1) is 23.3. The maximum atomic E-state index is 10.8. The molecule has 0 bridgehead atoms. The maximum Gasteiger partial charge on any atom is 0.337 e. The molecule has 0 aliphatic rings. The van der Waals surface area contributed by atoms with Crippen LogP contribution in [0.3, 0.4) is 0 Å². The summed E-state index contributed by atoms with van der Waals surface area (Å²) in [5.74, 6) is -1.18. The summed E-state index contributed by atoms with van der Waals surface area (Å²) in [5, 5.41) is 26.9. The molecule has 1 aromatic heterocycles. The molecule has 7 nitrogen and oxygen atoms in total. The third-order valence-electron chi connectivity index (χ3n) is 3.10. The SMILES string of the molecule is Cl.Cl.NC(CO)CC(CC(N)CO)c1ccc(C(=O)O)cn1. The van der Waals surface area contributed by atoms with Gasteiger partial charge >= 0.3 is 5.97 Å². The highest BCUT2D eigenvalue weighted by molar-refractivity contribution is 5.87. The first-order valence-electron chi connectivity index (χ1n) is 6.40. The number of aliphatic hydroxyl groups is 2.